The number of aromatic nitrogens is 1. The second kappa shape index (κ2) is 4.92. The van der Waals surface area contributed by atoms with Crippen LogP contribution in [0, 0.1) is 0 Å². The lowest BCUT2D eigenvalue weighted by atomic mass is 9.82. The largest absolute Gasteiger partial charge is 0.504 e. The van der Waals surface area contributed by atoms with Gasteiger partial charge >= 0.3 is 0 Å². The number of hydrogen-bond donors (Lipinski definition) is 1. The number of methoxy groups -OCH3 is 1. The third-order valence-electron chi connectivity index (χ3n) is 3.82. The highest BCUT2D eigenvalue weighted by molar-refractivity contribution is 5.50. The molecule has 2 aromatic rings. The summed E-state index contributed by atoms with van der Waals surface area (Å²) in [6.07, 6.45) is 5.05. The van der Waals surface area contributed by atoms with Crippen LogP contribution < -0.4 is 4.74 Å². The minimum Gasteiger partial charge on any atom is -0.504 e. The zero-order valence-corrected chi connectivity index (χ0v) is 11.0. The summed E-state index contributed by atoms with van der Waals surface area (Å²) < 4.78 is 5.19. The Morgan fingerprint density at radius 3 is 3.00 bits per heavy atom. The van der Waals surface area contributed by atoms with Gasteiger partial charge in [-0.3, -0.25) is 4.98 Å². The van der Waals surface area contributed by atoms with Gasteiger partial charge in [0.2, 0.25) is 0 Å². The third kappa shape index (κ3) is 2.05. The molecule has 3 rings (SSSR count). The molecule has 1 aromatic carbocycles. The van der Waals surface area contributed by atoms with Crippen LogP contribution in [0.1, 0.15) is 35.6 Å². The third-order valence-corrected chi connectivity index (χ3v) is 3.82. The zero-order valence-electron chi connectivity index (χ0n) is 11.0. The molecule has 0 fully saturated rings. The molecule has 0 saturated carbocycles. The van der Waals surface area contributed by atoms with Gasteiger partial charge < -0.3 is 9.84 Å². The van der Waals surface area contributed by atoms with Crippen molar-refractivity contribution in [3.63, 3.8) is 0 Å². The lowest BCUT2D eigenvalue weighted by Crippen LogP contribution is -2.13. The molecule has 98 valence electrons. The summed E-state index contributed by atoms with van der Waals surface area (Å²) in [5, 5.41) is 10.3. The van der Waals surface area contributed by atoms with Crippen molar-refractivity contribution in [1.82, 2.24) is 4.98 Å². The number of nitrogens with zero attached hydrogens (tertiary/aromatic N) is 1. The Morgan fingerprint density at radius 2 is 2.16 bits per heavy atom. The molecule has 1 N–H and O–H groups in total. The zero-order chi connectivity index (χ0) is 13.2. The number of phenols is 1. The van der Waals surface area contributed by atoms with Crippen LogP contribution in [-0.4, -0.2) is 17.2 Å². The van der Waals surface area contributed by atoms with Crippen molar-refractivity contribution in [3.05, 3.63) is 53.3 Å². The van der Waals surface area contributed by atoms with Crippen molar-refractivity contribution in [3.8, 4) is 11.5 Å². The summed E-state index contributed by atoms with van der Waals surface area (Å²) >= 11 is 0. The first-order valence-corrected chi connectivity index (χ1v) is 6.61. The summed E-state index contributed by atoms with van der Waals surface area (Å²) in [6, 6.07) is 9.77. The topological polar surface area (TPSA) is 42.4 Å². The van der Waals surface area contributed by atoms with Crippen LogP contribution in [0.25, 0.3) is 0 Å². The first-order chi connectivity index (χ1) is 9.31. The number of benzene rings is 1. The van der Waals surface area contributed by atoms with Gasteiger partial charge in [-0.2, -0.15) is 0 Å². The molecule has 0 amide bonds. The van der Waals surface area contributed by atoms with Crippen LogP contribution in [0.15, 0.2) is 36.5 Å². The van der Waals surface area contributed by atoms with Crippen molar-refractivity contribution in [2.75, 3.05) is 7.11 Å². The molecule has 1 unspecified atom stereocenters. The van der Waals surface area contributed by atoms with Gasteiger partial charge in [-0.25, -0.2) is 0 Å². The second-order valence-electron chi connectivity index (χ2n) is 4.89. The van der Waals surface area contributed by atoms with Crippen molar-refractivity contribution in [1.29, 1.82) is 0 Å². The maximum absolute atomic E-state index is 10.3. The normalized spacial score (nSPS) is 17.8. The average molecular weight is 255 g/mol. The van der Waals surface area contributed by atoms with Crippen LogP contribution in [0.2, 0.25) is 0 Å². The number of pyridine rings is 1. The lowest BCUT2D eigenvalue weighted by Gasteiger charge is -2.25. The van der Waals surface area contributed by atoms with E-state index in [1.54, 1.807) is 13.2 Å². The van der Waals surface area contributed by atoms with Crippen LogP contribution in [0.5, 0.6) is 11.5 Å². The van der Waals surface area contributed by atoms with E-state index in [1.165, 1.54) is 5.56 Å². The fourth-order valence-electron chi connectivity index (χ4n) is 2.90. The quantitative estimate of drug-likeness (QED) is 0.895. The molecule has 0 radical (unpaired) electrons. The van der Waals surface area contributed by atoms with E-state index in [0.29, 0.717) is 5.75 Å². The molecule has 1 aliphatic rings. The standard InChI is InChI=1S/C16H17NO2/c1-19-14-9-3-8-13(16(14)18)12-7-2-5-11-6-4-10-17-15(11)12/h3-4,6,8-10,12,18H,2,5,7H2,1H3. The predicted molar refractivity (Wildman–Crippen MR) is 73.7 cm³/mol. The average Bonchev–Trinajstić information content (AvgIpc) is 2.47. The van der Waals surface area contributed by atoms with Gasteiger partial charge in [-0.05, 0) is 37.0 Å². The molecule has 0 bridgehead atoms. The maximum Gasteiger partial charge on any atom is 0.161 e. The Bertz CT molecular complexity index is 595. The number of aromatic hydroxyl groups is 1. The van der Waals surface area contributed by atoms with Crippen molar-refractivity contribution in [2.24, 2.45) is 0 Å². The molecule has 1 aliphatic carbocycles. The molecule has 3 heteroatoms. The summed E-state index contributed by atoms with van der Waals surface area (Å²) in [5.74, 6) is 0.939. The number of ether oxygens (including phenoxy) is 1. The van der Waals surface area contributed by atoms with E-state index in [-0.39, 0.29) is 11.7 Å². The molecule has 0 spiro atoms. The van der Waals surface area contributed by atoms with Crippen LogP contribution in [0.3, 0.4) is 0 Å². The lowest BCUT2D eigenvalue weighted by molar-refractivity contribution is 0.368. The number of rotatable bonds is 2. The van der Waals surface area contributed by atoms with Crippen molar-refractivity contribution < 1.29 is 9.84 Å². The highest BCUT2D eigenvalue weighted by atomic mass is 16.5. The number of hydrogen-bond acceptors (Lipinski definition) is 3. The van der Waals surface area contributed by atoms with Crippen LogP contribution in [0.4, 0.5) is 0 Å². The van der Waals surface area contributed by atoms with Crippen molar-refractivity contribution >= 4 is 0 Å². The summed E-state index contributed by atoms with van der Waals surface area (Å²) in [6.45, 7) is 0. The SMILES string of the molecule is COc1cccc(C2CCCc3cccnc32)c1O. The Kier molecular flexibility index (Phi) is 3.11. The highest BCUT2D eigenvalue weighted by Gasteiger charge is 2.26. The molecule has 0 saturated heterocycles. The summed E-state index contributed by atoms with van der Waals surface area (Å²) in [4.78, 5) is 4.52. The second-order valence-corrected chi connectivity index (χ2v) is 4.89. The predicted octanol–water partition coefficient (Wildman–Crippen LogP) is 3.26. The smallest absolute Gasteiger partial charge is 0.161 e. The van der Waals surface area contributed by atoms with Gasteiger partial charge in [-0.15, -0.1) is 0 Å². The van der Waals surface area contributed by atoms with E-state index >= 15 is 0 Å². The molecule has 3 nitrogen and oxygen atoms in total. The Labute approximate surface area is 112 Å². The number of aryl methyl sites for hydroxylation is 1. The van der Waals surface area contributed by atoms with E-state index in [0.717, 1.165) is 30.5 Å². The van der Waals surface area contributed by atoms with E-state index in [4.69, 9.17) is 4.74 Å². The molecular weight excluding hydrogens is 238 g/mol. The Morgan fingerprint density at radius 1 is 1.26 bits per heavy atom. The van der Waals surface area contributed by atoms with Crippen LogP contribution >= 0.6 is 0 Å². The fourth-order valence-corrected chi connectivity index (χ4v) is 2.90. The molecule has 0 aliphatic heterocycles. The van der Waals surface area contributed by atoms with Gasteiger partial charge in [0.05, 0.1) is 12.8 Å². The van der Waals surface area contributed by atoms with Gasteiger partial charge in [0.25, 0.3) is 0 Å². The molecule has 1 aromatic heterocycles. The fraction of sp³-hybridized carbons (Fsp3) is 0.312. The number of phenolic OH excluding ortho intramolecular Hbond substituents is 1. The minimum absolute atomic E-state index is 0.167. The van der Waals surface area contributed by atoms with Crippen LogP contribution in [-0.2, 0) is 6.42 Å². The molecule has 1 atom stereocenters. The minimum atomic E-state index is 0.167. The van der Waals surface area contributed by atoms with E-state index < -0.39 is 0 Å². The summed E-state index contributed by atoms with van der Waals surface area (Å²) in [5.41, 5.74) is 3.30. The number of para-hydroxylation sites is 1. The van der Waals surface area contributed by atoms with Gasteiger partial charge in [0, 0.05) is 17.7 Å². The first-order valence-electron chi connectivity index (χ1n) is 6.61. The van der Waals surface area contributed by atoms with Gasteiger partial charge in [0.15, 0.2) is 11.5 Å². The van der Waals surface area contributed by atoms with Gasteiger partial charge in [-0.1, -0.05) is 18.2 Å². The first kappa shape index (κ1) is 12.0. The van der Waals surface area contributed by atoms with Crippen molar-refractivity contribution in [2.45, 2.75) is 25.2 Å². The summed E-state index contributed by atoms with van der Waals surface area (Å²) in [7, 11) is 1.58. The Balaban J connectivity index is 2.09. The molecular formula is C16H17NO2. The maximum atomic E-state index is 10.3. The highest BCUT2D eigenvalue weighted by Crippen LogP contribution is 2.42. The number of fused-ring (bicyclic) bond motifs is 1. The van der Waals surface area contributed by atoms with E-state index in [9.17, 15) is 5.11 Å². The van der Waals surface area contributed by atoms with E-state index in [2.05, 4.69) is 11.1 Å². The Hall–Kier alpha value is -2.03. The monoisotopic (exact) mass is 255 g/mol. The van der Waals surface area contributed by atoms with Gasteiger partial charge in [0.1, 0.15) is 0 Å². The van der Waals surface area contributed by atoms with E-state index in [1.807, 2.05) is 24.4 Å². The molecule has 19 heavy (non-hydrogen) atoms. The molecule has 1 heterocycles.